The van der Waals surface area contributed by atoms with Gasteiger partial charge in [-0.15, -0.1) is 0 Å². The number of hydrogen-bond acceptors (Lipinski definition) is 0. The minimum atomic E-state index is 0.873. The SMILES string of the molecule is [GaH2][CH]1C=CC=C1. The standard InChI is InChI=1S/C5H5.Ga.2H/c1-2-4-5-3-1;;;/h1-5H;;;. The van der Waals surface area contributed by atoms with Crippen LogP contribution in [0.2, 0.25) is 4.47 Å². The number of hydrogen-bond donors (Lipinski definition) is 0. The van der Waals surface area contributed by atoms with E-state index in [0.717, 1.165) is 23.1 Å². The van der Waals surface area contributed by atoms with E-state index in [4.69, 9.17) is 0 Å². The van der Waals surface area contributed by atoms with Gasteiger partial charge in [0, 0.05) is 0 Å². The summed E-state index contributed by atoms with van der Waals surface area (Å²) in [7, 11) is 0. The van der Waals surface area contributed by atoms with Crippen LogP contribution in [-0.4, -0.2) is 18.6 Å². The average molecular weight is 137 g/mol. The van der Waals surface area contributed by atoms with Gasteiger partial charge >= 0.3 is 47.4 Å². The number of rotatable bonds is 0. The quantitative estimate of drug-likeness (QED) is 0.427. The molecular formula is C5H7Ga. The second-order valence-electron chi connectivity index (χ2n) is 1.63. The van der Waals surface area contributed by atoms with E-state index in [0.29, 0.717) is 0 Å². The molecule has 0 radical (unpaired) electrons. The summed E-state index contributed by atoms with van der Waals surface area (Å²) in [6.45, 7) is 0. The zero-order chi connectivity index (χ0) is 4.41. The zero-order valence-electron chi connectivity index (χ0n) is 3.89. The predicted molar refractivity (Wildman–Crippen MR) is 30.6 cm³/mol. The maximum absolute atomic E-state index is 2.25. The summed E-state index contributed by atoms with van der Waals surface area (Å²) in [4.78, 5) is 0. The van der Waals surface area contributed by atoms with E-state index < -0.39 is 0 Å². The average Bonchev–Trinajstić information content (AvgIpc) is 1.86. The van der Waals surface area contributed by atoms with Gasteiger partial charge in [-0.1, -0.05) is 0 Å². The van der Waals surface area contributed by atoms with Crippen molar-refractivity contribution in [2.45, 2.75) is 4.47 Å². The predicted octanol–water partition coefficient (Wildman–Crippen LogP) is 0.534. The molecule has 0 atom stereocenters. The topological polar surface area (TPSA) is 0 Å². The van der Waals surface area contributed by atoms with Crippen molar-refractivity contribution in [2.24, 2.45) is 0 Å². The van der Waals surface area contributed by atoms with Crippen LogP contribution in [0.5, 0.6) is 0 Å². The van der Waals surface area contributed by atoms with Crippen LogP contribution in [0.25, 0.3) is 0 Å². The summed E-state index contributed by atoms with van der Waals surface area (Å²) < 4.78 is 0.873. The molecule has 0 saturated heterocycles. The van der Waals surface area contributed by atoms with Gasteiger partial charge in [-0.2, -0.15) is 0 Å². The summed E-state index contributed by atoms with van der Waals surface area (Å²) >= 11 is 0.969. The van der Waals surface area contributed by atoms with Gasteiger partial charge in [-0.3, -0.25) is 0 Å². The third-order valence-electron chi connectivity index (χ3n) is 0.940. The van der Waals surface area contributed by atoms with E-state index in [2.05, 4.69) is 24.3 Å². The van der Waals surface area contributed by atoms with Crippen LogP contribution in [0.4, 0.5) is 0 Å². The van der Waals surface area contributed by atoms with Crippen molar-refractivity contribution in [2.75, 3.05) is 0 Å². The molecule has 0 aromatic heterocycles. The van der Waals surface area contributed by atoms with Crippen LogP contribution in [-0.2, 0) is 0 Å². The first-order chi connectivity index (χ1) is 2.89. The van der Waals surface area contributed by atoms with Crippen LogP contribution in [0, 0.1) is 0 Å². The van der Waals surface area contributed by atoms with Gasteiger partial charge in [-0.05, 0) is 0 Å². The molecule has 0 saturated carbocycles. The van der Waals surface area contributed by atoms with E-state index in [9.17, 15) is 0 Å². The van der Waals surface area contributed by atoms with Gasteiger partial charge in [0.25, 0.3) is 0 Å². The van der Waals surface area contributed by atoms with E-state index in [1.807, 2.05) is 0 Å². The molecule has 6 heavy (non-hydrogen) atoms. The van der Waals surface area contributed by atoms with E-state index in [1.54, 1.807) is 0 Å². The Hall–Kier alpha value is 0.116. The van der Waals surface area contributed by atoms with E-state index >= 15 is 0 Å². The monoisotopic (exact) mass is 136 g/mol. The van der Waals surface area contributed by atoms with Gasteiger partial charge in [-0.25, -0.2) is 0 Å². The van der Waals surface area contributed by atoms with Crippen molar-refractivity contribution in [3.63, 3.8) is 0 Å². The Labute approximate surface area is 47.9 Å². The molecule has 0 unspecified atom stereocenters. The Balaban J connectivity index is 2.60. The van der Waals surface area contributed by atoms with Crippen LogP contribution >= 0.6 is 0 Å². The normalized spacial score (nSPS) is 20.0. The molecule has 0 heterocycles. The fraction of sp³-hybridized carbons (Fsp3) is 0.200. The van der Waals surface area contributed by atoms with Crippen molar-refractivity contribution < 1.29 is 0 Å². The van der Waals surface area contributed by atoms with Crippen molar-refractivity contribution in [3.8, 4) is 0 Å². The summed E-state index contributed by atoms with van der Waals surface area (Å²) in [5.41, 5.74) is 0. The Morgan fingerprint density at radius 3 is 1.83 bits per heavy atom. The molecule has 1 rings (SSSR count). The van der Waals surface area contributed by atoms with Gasteiger partial charge in [0.05, 0.1) is 0 Å². The molecule has 0 aliphatic heterocycles. The van der Waals surface area contributed by atoms with Crippen LogP contribution in [0.1, 0.15) is 0 Å². The fourth-order valence-electron chi connectivity index (χ4n) is 0.543. The van der Waals surface area contributed by atoms with Gasteiger partial charge in [0.2, 0.25) is 0 Å². The molecule has 0 aromatic carbocycles. The molecule has 0 nitrogen and oxygen atoms in total. The first kappa shape index (κ1) is 4.28. The fourth-order valence-corrected chi connectivity index (χ4v) is 1.48. The van der Waals surface area contributed by atoms with Crippen LogP contribution < -0.4 is 0 Å². The first-order valence-electron chi connectivity index (χ1n) is 2.24. The first-order valence-corrected chi connectivity index (χ1v) is 4.67. The molecule has 30 valence electrons. The minimum absolute atomic E-state index is 0.873. The second kappa shape index (κ2) is 1.71. The van der Waals surface area contributed by atoms with Crippen LogP contribution in [0.3, 0.4) is 0 Å². The van der Waals surface area contributed by atoms with Crippen molar-refractivity contribution in [1.29, 1.82) is 0 Å². The van der Waals surface area contributed by atoms with Crippen molar-refractivity contribution in [3.05, 3.63) is 24.3 Å². The third kappa shape index (κ3) is 0.789. The molecule has 0 N–H and O–H groups in total. The zero-order valence-corrected chi connectivity index (χ0v) is 8.08. The number of allylic oxidation sites excluding steroid dienone is 4. The molecule has 0 spiro atoms. The maximum atomic E-state index is 2.25. The summed E-state index contributed by atoms with van der Waals surface area (Å²) in [6, 6.07) is 0. The summed E-state index contributed by atoms with van der Waals surface area (Å²) in [6.07, 6.45) is 8.74. The molecule has 1 heteroatoms. The molecule has 0 bridgehead atoms. The second-order valence-corrected chi connectivity index (χ2v) is 4.43. The molecule has 1 aliphatic carbocycles. The molecule has 1 aliphatic rings. The van der Waals surface area contributed by atoms with Gasteiger partial charge < -0.3 is 0 Å². The molecule has 0 fully saturated rings. The molecule has 0 aromatic rings. The van der Waals surface area contributed by atoms with Gasteiger partial charge in [0.1, 0.15) is 0 Å². The third-order valence-corrected chi connectivity index (χ3v) is 2.56. The van der Waals surface area contributed by atoms with Crippen molar-refractivity contribution in [1.82, 2.24) is 0 Å². The van der Waals surface area contributed by atoms with Crippen LogP contribution in [0.15, 0.2) is 24.3 Å². The Morgan fingerprint density at radius 1 is 1.17 bits per heavy atom. The van der Waals surface area contributed by atoms with Gasteiger partial charge in [0.15, 0.2) is 0 Å². The van der Waals surface area contributed by atoms with E-state index in [-0.39, 0.29) is 0 Å². The summed E-state index contributed by atoms with van der Waals surface area (Å²) in [5, 5.41) is 0. The molecular weight excluding hydrogens is 130 g/mol. The van der Waals surface area contributed by atoms with Crippen molar-refractivity contribution >= 4 is 18.6 Å². The Kier molecular flexibility index (Phi) is 1.22. The van der Waals surface area contributed by atoms with E-state index in [1.165, 1.54) is 0 Å². The molecule has 0 amide bonds. The Bertz CT molecular complexity index is 80.1. The summed E-state index contributed by atoms with van der Waals surface area (Å²) in [5.74, 6) is 0. The Morgan fingerprint density at radius 2 is 1.67 bits per heavy atom.